The van der Waals surface area contributed by atoms with Crippen LogP contribution in [0.1, 0.15) is 20.3 Å². The van der Waals surface area contributed by atoms with Crippen LogP contribution in [0, 0.1) is 5.41 Å². The van der Waals surface area contributed by atoms with Gasteiger partial charge in [0.2, 0.25) is 0 Å². The lowest BCUT2D eigenvalue weighted by molar-refractivity contribution is 0.0270. The molecule has 0 aromatic carbocycles. The van der Waals surface area contributed by atoms with Crippen LogP contribution >= 0.6 is 0 Å². The van der Waals surface area contributed by atoms with Gasteiger partial charge in [-0.1, -0.05) is 13.8 Å². The van der Waals surface area contributed by atoms with Crippen molar-refractivity contribution < 1.29 is 0 Å². The van der Waals surface area contributed by atoms with Gasteiger partial charge in [-0.3, -0.25) is 4.90 Å². The van der Waals surface area contributed by atoms with E-state index in [0.29, 0.717) is 5.41 Å². The molecule has 1 atom stereocenters. The van der Waals surface area contributed by atoms with Gasteiger partial charge in [0.25, 0.3) is 0 Å². The Labute approximate surface area is 93.8 Å². The van der Waals surface area contributed by atoms with Gasteiger partial charge in [0.05, 0.1) is 0 Å². The Hall–Kier alpha value is -0.120. The topological polar surface area (TPSA) is 18.5 Å². The van der Waals surface area contributed by atoms with E-state index in [2.05, 4.69) is 36.0 Å². The molecule has 3 nitrogen and oxygen atoms in total. The first-order valence-electron chi connectivity index (χ1n) is 6.23. The summed E-state index contributed by atoms with van der Waals surface area (Å²) in [5.74, 6) is 0. The molecule has 2 saturated heterocycles. The summed E-state index contributed by atoms with van der Waals surface area (Å²) in [7, 11) is 2.23. The lowest BCUT2D eigenvalue weighted by Crippen LogP contribution is -2.58. The predicted molar refractivity (Wildman–Crippen MR) is 64.1 cm³/mol. The molecule has 2 aliphatic heterocycles. The third kappa shape index (κ3) is 2.52. The van der Waals surface area contributed by atoms with Crippen LogP contribution in [0.4, 0.5) is 0 Å². The van der Waals surface area contributed by atoms with E-state index in [1.165, 1.54) is 45.7 Å². The molecule has 0 amide bonds. The van der Waals surface area contributed by atoms with Crippen LogP contribution in [0.25, 0.3) is 0 Å². The molecule has 0 saturated carbocycles. The van der Waals surface area contributed by atoms with Crippen LogP contribution in [0.2, 0.25) is 0 Å². The van der Waals surface area contributed by atoms with Crippen LogP contribution < -0.4 is 5.32 Å². The number of piperidine rings is 1. The van der Waals surface area contributed by atoms with E-state index in [0.717, 1.165) is 6.04 Å². The van der Waals surface area contributed by atoms with Crippen LogP contribution in [-0.2, 0) is 0 Å². The van der Waals surface area contributed by atoms with Gasteiger partial charge in [0.15, 0.2) is 0 Å². The average molecular weight is 211 g/mol. The molecule has 1 unspecified atom stereocenters. The molecule has 2 rings (SSSR count). The molecule has 88 valence electrons. The van der Waals surface area contributed by atoms with Gasteiger partial charge in [-0.15, -0.1) is 0 Å². The summed E-state index contributed by atoms with van der Waals surface area (Å²) in [5.41, 5.74) is 0.439. The maximum Gasteiger partial charge on any atom is 0.0172 e. The Balaban J connectivity index is 1.96. The van der Waals surface area contributed by atoms with Crippen LogP contribution in [0.3, 0.4) is 0 Å². The number of piperazine rings is 1. The highest BCUT2D eigenvalue weighted by Crippen LogP contribution is 2.30. The number of nitrogens with zero attached hydrogens (tertiary/aromatic N) is 2. The first kappa shape index (κ1) is 11.4. The highest BCUT2D eigenvalue weighted by molar-refractivity contribution is 4.93. The summed E-state index contributed by atoms with van der Waals surface area (Å²) in [6.45, 7) is 12.2. The molecule has 1 N–H and O–H groups in total. The highest BCUT2D eigenvalue weighted by Gasteiger charge is 2.36. The van der Waals surface area contributed by atoms with E-state index in [9.17, 15) is 0 Å². The van der Waals surface area contributed by atoms with E-state index in [4.69, 9.17) is 0 Å². The van der Waals surface area contributed by atoms with Crippen molar-refractivity contribution in [3.63, 3.8) is 0 Å². The molecule has 0 spiro atoms. The van der Waals surface area contributed by atoms with Crippen molar-refractivity contribution in [3.05, 3.63) is 0 Å². The number of hydrogen-bond donors (Lipinski definition) is 1. The SMILES string of the molecule is CN1CCN(C2CCNCC2(C)C)CC1. The molecule has 2 aliphatic rings. The van der Waals surface area contributed by atoms with Gasteiger partial charge in [0.1, 0.15) is 0 Å². The second kappa shape index (κ2) is 4.40. The molecule has 0 aliphatic carbocycles. The van der Waals surface area contributed by atoms with Crippen molar-refractivity contribution >= 4 is 0 Å². The van der Waals surface area contributed by atoms with Gasteiger partial charge in [-0.05, 0) is 25.4 Å². The van der Waals surface area contributed by atoms with Crippen molar-refractivity contribution in [1.29, 1.82) is 0 Å². The number of likely N-dealkylation sites (N-methyl/N-ethyl adjacent to an activating group) is 1. The normalized spacial score (nSPS) is 34.2. The maximum atomic E-state index is 3.52. The fraction of sp³-hybridized carbons (Fsp3) is 1.00. The van der Waals surface area contributed by atoms with Crippen molar-refractivity contribution in [2.24, 2.45) is 5.41 Å². The predicted octanol–water partition coefficient (Wildman–Crippen LogP) is 0.622. The van der Waals surface area contributed by atoms with Gasteiger partial charge < -0.3 is 10.2 Å². The largest absolute Gasteiger partial charge is 0.316 e. The Morgan fingerprint density at radius 3 is 2.40 bits per heavy atom. The fourth-order valence-electron chi connectivity index (χ4n) is 2.97. The van der Waals surface area contributed by atoms with E-state index in [1.54, 1.807) is 0 Å². The molecular weight excluding hydrogens is 186 g/mol. The van der Waals surface area contributed by atoms with Crippen molar-refractivity contribution in [1.82, 2.24) is 15.1 Å². The smallest absolute Gasteiger partial charge is 0.0172 e. The van der Waals surface area contributed by atoms with Crippen LogP contribution in [0.5, 0.6) is 0 Å². The molecular formula is C12H25N3. The quantitative estimate of drug-likeness (QED) is 0.686. The van der Waals surface area contributed by atoms with Gasteiger partial charge in [-0.25, -0.2) is 0 Å². The summed E-state index contributed by atoms with van der Waals surface area (Å²) >= 11 is 0. The zero-order chi connectivity index (χ0) is 10.9. The molecule has 0 aromatic rings. The summed E-state index contributed by atoms with van der Waals surface area (Å²) in [4.78, 5) is 5.14. The monoisotopic (exact) mass is 211 g/mol. The van der Waals surface area contributed by atoms with Crippen LogP contribution in [-0.4, -0.2) is 62.2 Å². The molecule has 0 radical (unpaired) electrons. The third-order valence-corrected chi connectivity index (χ3v) is 4.06. The zero-order valence-corrected chi connectivity index (χ0v) is 10.4. The van der Waals surface area contributed by atoms with E-state index in [1.807, 2.05) is 0 Å². The second-order valence-corrected chi connectivity index (χ2v) is 5.81. The highest BCUT2D eigenvalue weighted by atomic mass is 15.3. The summed E-state index contributed by atoms with van der Waals surface area (Å²) < 4.78 is 0. The summed E-state index contributed by atoms with van der Waals surface area (Å²) in [6, 6.07) is 0.785. The average Bonchev–Trinajstić information content (AvgIpc) is 2.19. The zero-order valence-electron chi connectivity index (χ0n) is 10.4. The third-order valence-electron chi connectivity index (χ3n) is 4.06. The van der Waals surface area contributed by atoms with Gasteiger partial charge in [-0.2, -0.15) is 0 Å². The number of rotatable bonds is 1. The minimum Gasteiger partial charge on any atom is -0.316 e. The van der Waals surface area contributed by atoms with E-state index >= 15 is 0 Å². The van der Waals surface area contributed by atoms with Crippen molar-refractivity contribution in [3.8, 4) is 0 Å². The van der Waals surface area contributed by atoms with Crippen molar-refractivity contribution in [2.75, 3.05) is 46.3 Å². The number of hydrogen-bond acceptors (Lipinski definition) is 3. The molecule has 0 bridgehead atoms. The Morgan fingerprint density at radius 1 is 1.13 bits per heavy atom. The van der Waals surface area contributed by atoms with Gasteiger partial charge in [0, 0.05) is 38.8 Å². The Kier molecular flexibility index (Phi) is 3.33. The second-order valence-electron chi connectivity index (χ2n) is 5.81. The Morgan fingerprint density at radius 2 is 1.80 bits per heavy atom. The molecule has 2 fully saturated rings. The van der Waals surface area contributed by atoms with Gasteiger partial charge >= 0.3 is 0 Å². The lowest BCUT2D eigenvalue weighted by Gasteiger charge is -2.48. The molecule has 2 heterocycles. The Bertz CT molecular complexity index is 207. The fourth-order valence-corrected chi connectivity index (χ4v) is 2.97. The van der Waals surface area contributed by atoms with Crippen molar-refractivity contribution in [2.45, 2.75) is 26.3 Å². The lowest BCUT2D eigenvalue weighted by atomic mass is 9.79. The summed E-state index contributed by atoms with van der Waals surface area (Å²) in [6.07, 6.45) is 1.32. The first-order valence-corrected chi connectivity index (χ1v) is 6.23. The first-order chi connectivity index (χ1) is 7.09. The van der Waals surface area contributed by atoms with E-state index in [-0.39, 0.29) is 0 Å². The minimum atomic E-state index is 0.439. The summed E-state index contributed by atoms with van der Waals surface area (Å²) in [5, 5.41) is 3.52. The molecule has 3 heteroatoms. The molecule has 0 aromatic heterocycles. The minimum absolute atomic E-state index is 0.439. The number of nitrogens with one attached hydrogen (secondary N) is 1. The molecule has 15 heavy (non-hydrogen) atoms. The maximum absolute atomic E-state index is 3.52. The van der Waals surface area contributed by atoms with Crippen LogP contribution in [0.15, 0.2) is 0 Å². The van der Waals surface area contributed by atoms with E-state index < -0.39 is 0 Å². The standard InChI is InChI=1S/C12H25N3/c1-12(2)10-13-5-4-11(12)15-8-6-14(3)7-9-15/h11,13H,4-10H2,1-3H3.